The van der Waals surface area contributed by atoms with Crippen LogP contribution in [0.15, 0.2) is 42.6 Å². The van der Waals surface area contributed by atoms with E-state index in [0.29, 0.717) is 28.7 Å². The van der Waals surface area contributed by atoms with E-state index >= 15 is 0 Å². The average molecular weight is 627 g/mol. The maximum Gasteiger partial charge on any atom is 0.421 e. The second kappa shape index (κ2) is 10.8. The number of hydrogen-bond acceptors (Lipinski definition) is 9. The van der Waals surface area contributed by atoms with Crippen molar-refractivity contribution in [1.29, 1.82) is 0 Å². The largest absolute Gasteiger partial charge is 0.421 e. The predicted molar refractivity (Wildman–Crippen MR) is 149 cm³/mol. The first-order valence-electron chi connectivity index (χ1n) is 12.6. The molecule has 12 nitrogen and oxygen atoms in total. The standard InChI is InChI=1S/C25H26F3N6O6PS/c1-33-13-17-20(34-8-10-42(39,40)11-9-34)7-6-19(21(17)23(33)35)31-22-18(25(26,27)28)12-29-24(32-22)30-16-4-2-15(3-5-16)14-41(36,37)38/h2-7,12H,8-11,13-14H2,1H3,(H2,36,37,38)(H2,29,30,31,32). The maximum absolute atomic E-state index is 13.9. The predicted octanol–water partition coefficient (Wildman–Crippen LogP) is 3.48. The summed E-state index contributed by atoms with van der Waals surface area (Å²) in [6, 6.07) is 8.99. The number of benzene rings is 2. The quantitative estimate of drug-likeness (QED) is 0.284. The van der Waals surface area contributed by atoms with Gasteiger partial charge in [-0.25, -0.2) is 13.4 Å². The molecule has 5 rings (SSSR count). The molecule has 1 amide bonds. The van der Waals surface area contributed by atoms with Crippen molar-refractivity contribution in [1.82, 2.24) is 14.9 Å². The molecule has 0 bridgehead atoms. The minimum absolute atomic E-state index is 0.0381. The molecule has 42 heavy (non-hydrogen) atoms. The normalized spacial score (nSPS) is 16.9. The number of alkyl halides is 3. The van der Waals surface area contributed by atoms with Gasteiger partial charge in [-0.15, -0.1) is 0 Å². The zero-order chi connectivity index (χ0) is 30.4. The molecule has 2 aliphatic heterocycles. The lowest BCUT2D eigenvalue weighted by atomic mass is 10.0. The number of nitrogens with one attached hydrogen (secondary N) is 2. The van der Waals surface area contributed by atoms with E-state index in [0.717, 1.165) is 0 Å². The van der Waals surface area contributed by atoms with Crippen molar-refractivity contribution in [2.24, 2.45) is 0 Å². The number of nitrogens with zero attached hydrogens (tertiary/aromatic N) is 4. The molecule has 1 saturated heterocycles. The molecule has 0 atom stereocenters. The first-order valence-corrected chi connectivity index (χ1v) is 16.2. The molecule has 0 spiro atoms. The Morgan fingerprint density at radius 3 is 2.33 bits per heavy atom. The molecule has 0 radical (unpaired) electrons. The van der Waals surface area contributed by atoms with Crippen LogP contribution in [-0.4, -0.2) is 70.6 Å². The molecular formula is C25H26F3N6O6PS. The molecule has 1 aromatic heterocycles. The number of amides is 1. The highest BCUT2D eigenvalue weighted by molar-refractivity contribution is 7.91. The molecule has 2 aromatic carbocycles. The summed E-state index contributed by atoms with van der Waals surface area (Å²) >= 11 is 0. The van der Waals surface area contributed by atoms with Crippen molar-refractivity contribution in [3.63, 3.8) is 0 Å². The van der Waals surface area contributed by atoms with Crippen molar-refractivity contribution < 1.29 is 40.7 Å². The molecule has 3 heterocycles. The maximum atomic E-state index is 13.9. The second-order valence-electron chi connectivity index (χ2n) is 10.0. The van der Waals surface area contributed by atoms with Gasteiger partial charge in [0.1, 0.15) is 11.4 Å². The van der Waals surface area contributed by atoms with Gasteiger partial charge in [0.05, 0.1) is 28.9 Å². The highest BCUT2D eigenvalue weighted by Crippen LogP contribution is 2.41. The van der Waals surface area contributed by atoms with Gasteiger partial charge in [-0.3, -0.25) is 9.36 Å². The Kier molecular flexibility index (Phi) is 7.68. The molecule has 3 aromatic rings. The van der Waals surface area contributed by atoms with Crippen molar-refractivity contribution in [2.75, 3.05) is 47.2 Å². The van der Waals surface area contributed by atoms with E-state index in [1.807, 2.05) is 4.90 Å². The summed E-state index contributed by atoms with van der Waals surface area (Å²) in [5.41, 5.74) is 1.05. The van der Waals surface area contributed by atoms with Crippen LogP contribution in [-0.2, 0) is 33.3 Å². The summed E-state index contributed by atoms with van der Waals surface area (Å²) in [6.07, 6.45) is -4.68. The van der Waals surface area contributed by atoms with Crippen LogP contribution < -0.4 is 15.5 Å². The van der Waals surface area contributed by atoms with Crippen LogP contribution in [0.3, 0.4) is 0 Å². The minimum Gasteiger partial charge on any atom is -0.369 e. The van der Waals surface area contributed by atoms with Gasteiger partial charge in [-0.1, -0.05) is 12.1 Å². The zero-order valence-corrected chi connectivity index (χ0v) is 23.8. The summed E-state index contributed by atoms with van der Waals surface area (Å²) in [4.78, 5) is 42.5. The Balaban J connectivity index is 1.47. The molecule has 224 valence electrons. The highest BCUT2D eigenvalue weighted by atomic mass is 32.2. The van der Waals surface area contributed by atoms with Crippen molar-refractivity contribution in [2.45, 2.75) is 18.9 Å². The first kappa shape index (κ1) is 29.8. The van der Waals surface area contributed by atoms with E-state index in [-0.39, 0.29) is 48.3 Å². The topological polar surface area (TPSA) is 165 Å². The van der Waals surface area contributed by atoms with E-state index in [4.69, 9.17) is 9.79 Å². The monoisotopic (exact) mass is 626 g/mol. The van der Waals surface area contributed by atoms with Crippen LogP contribution in [0.2, 0.25) is 0 Å². The molecule has 4 N–H and O–H groups in total. The Hall–Kier alpha value is -3.72. The van der Waals surface area contributed by atoms with Crippen LogP contribution in [0.25, 0.3) is 0 Å². The van der Waals surface area contributed by atoms with Gasteiger partial charge in [0.25, 0.3) is 5.91 Å². The van der Waals surface area contributed by atoms with E-state index in [2.05, 4.69) is 20.6 Å². The summed E-state index contributed by atoms with van der Waals surface area (Å²) in [6.45, 7) is 0.667. The average Bonchev–Trinajstić information content (AvgIpc) is 3.19. The van der Waals surface area contributed by atoms with Gasteiger partial charge >= 0.3 is 13.8 Å². The third-order valence-electron chi connectivity index (χ3n) is 6.87. The van der Waals surface area contributed by atoms with Crippen LogP contribution in [0, 0.1) is 0 Å². The van der Waals surface area contributed by atoms with Crippen LogP contribution in [0.1, 0.15) is 27.0 Å². The third-order valence-corrected chi connectivity index (χ3v) is 9.26. The van der Waals surface area contributed by atoms with Gasteiger partial charge in [-0.05, 0) is 29.8 Å². The number of aromatic nitrogens is 2. The van der Waals surface area contributed by atoms with Crippen LogP contribution >= 0.6 is 7.60 Å². The fraction of sp³-hybridized carbons (Fsp3) is 0.320. The number of carbonyl (C=O) groups is 1. The Morgan fingerprint density at radius 2 is 1.71 bits per heavy atom. The number of fused-ring (bicyclic) bond motifs is 1. The van der Waals surface area contributed by atoms with E-state index in [1.165, 1.54) is 35.2 Å². The number of sulfone groups is 1. The zero-order valence-electron chi connectivity index (χ0n) is 22.1. The first-order chi connectivity index (χ1) is 19.6. The van der Waals surface area contributed by atoms with Crippen molar-refractivity contribution in [3.8, 4) is 0 Å². The van der Waals surface area contributed by atoms with Crippen LogP contribution in [0.5, 0.6) is 0 Å². The van der Waals surface area contributed by atoms with Gasteiger partial charge < -0.3 is 30.2 Å². The van der Waals surface area contributed by atoms with Gasteiger partial charge in [0, 0.05) is 49.8 Å². The SMILES string of the molecule is CN1Cc2c(N3CCS(=O)(=O)CC3)ccc(Nc3nc(Nc4ccc(CP(=O)(O)O)cc4)ncc3C(F)(F)F)c2C1=O. The lowest BCUT2D eigenvalue weighted by Crippen LogP contribution is -2.40. The van der Waals surface area contributed by atoms with Gasteiger partial charge in [0.2, 0.25) is 5.95 Å². The van der Waals surface area contributed by atoms with Gasteiger partial charge in [-0.2, -0.15) is 18.2 Å². The molecule has 17 heteroatoms. The molecule has 1 fully saturated rings. The van der Waals surface area contributed by atoms with Crippen LogP contribution in [0.4, 0.5) is 42.0 Å². The Labute approximate surface area is 238 Å². The summed E-state index contributed by atoms with van der Waals surface area (Å²) in [5, 5.41) is 5.45. The Bertz CT molecular complexity index is 1680. The smallest absolute Gasteiger partial charge is 0.369 e. The van der Waals surface area contributed by atoms with Crippen molar-refractivity contribution >= 4 is 52.2 Å². The second-order valence-corrected chi connectivity index (χ2v) is 14.0. The third kappa shape index (κ3) is 6.51. The number of hydrogen-bond donors (Lipinski definition) is 4. The summed E-state index contributed by atoms with van der Waals surface area (Å²) in [5.74, 6) is -1.28. The lowest BCUT2D eigenvalue weighted by molar-refractivity contribution is -0.137. The molecule has 0 saturated carbocycles. The van der Waals surface area contributed by atoms with E-state index < -0.39 is 47.1 Å². The molecular weight excluding hydrogens is 600 g/mol. The highest BCUT2D eigenvalue weighted by Gasteiger charge is 2.37. The molecule has 2 aliphatic rings. The fourth-order valence-electron chi connectivity index (χ4n) is 4.83. The lowest BCUT2D eigenvalue weighted by Gasteiger charge is -2.30. The van der Waals surface area contributed by atoms with Crippen molar-refractivity contribution in [3.05, 3.63) is 64.8 Å². The van der Waals surface area contributed by atoms with Gasteiger partial charge in [0.15, 0.2) is 9.84 Å². The minimum atomic E-state index is -4.83. The van der Waals surface area contributed by atoms with E-state index in [1.54, 1.807) is 13.1 Å². The molecule has 0 unspecified atom stereocenters. The number of carbonyl (C=O) groups excluding carboxylic acids is 1. The Morgan fingerprint density at radius 1 is 1.05 bits per heavy atom. The number of rotatable bonds is 7. The number of halogens is 3. The summed E-state index contributed by atoms with van der Waals surface area (Å²) < 4.78 is 76.8. The molecule has 0 aliphatic carbocycles. The fourth-order valence-corrected chi connectivity index (χ4v) is 6.72. The summed E-state index contributed by atoms with van der Waals surface area (Å²) in [7, 11) is -5.86. The number of anilines is 5. The van der Waals surface area contributed by atoms with E-state index in [9.17, 15) is 30.9 Å².